The van der Waals surface area contributed by atoms with Gasteiger partial charge in [-0.05, 0) is 75.3 Å². The van der Waals surface area contributed by atoms with E-state index in [-0.39, 0.29) is 18.4 Å². The third-order valence-corrected chi connectivity index (χ3v) is 9.85. The lowest BCUT2D eigenvalue weighted by atomic mass is 9.95. The summed E-state index contributed by atoms with van der Waals surface area (Å²) in [6.45, 7) is 12.9. The van der Waals surface area contributed by atoms with Crippen molar-refractivity contribution in [1.82, 2.24) is 14.8 Å². The Hall–Kier alpha value is -4.60. The molecule has 1 atom stereocenters. The lowest BCUT2D eigenvalue weighted by Crippen LogP contribution is -2.55. The molecule has 6 rings (SSSR count). The number of nitrogens with zero attached hydrogens (tertiary/aromatic N) is 7. The van der Waals surface area contributed by atoms with Crippen molar-refractivity contribution in [2.24, 2.45) is 0 Å². The van der Waals surface area contributed by atoms with Crippen LogP contribution in [0.15, 0.2) is 49.1 Å². The van der Waals surface area contributed by atoms with Crippen molar-refractivity contribution in [3.8, 4) is 12.1 Å². The Morgan fingerprint density at radius 3 is 2.63 bits per heavy atom. The number of benzene rings is 2. The molecule has 0 aliphatic carbocycles. The van der Waals surface area contributed by atoms with Crippen LogP contribution in [-0.2, 0) is 17.8 Å². The van der Waals surface area contributed by atoms with E-state index in [0.29, 0.717) is 37.6 Å². The van der Waals surface area contributed by atoms with E-state index in [2.05, 4.69) is 82.1 Å². The number of pyridine rings is 1. The Morgan fingerprint density at radius 2 is 1.87 bits per heavy atom. The minimum absolute atomic E-state index is 0.158. The number of piperazine rings is 1. The van der Waals surface area contributed by atoms with Crippen molar-refractivity contribution < 1.29 is 4.79 Å². The molecule has 2 fully saturated rings. The first-order valence-electron chi connectivity index (χ1n) is 16.7. The second-order valence-corrected chi connectivity index (χ2v) is 12.7. The van der Waals surface area contributed by atoms with Crippen LogP contribution in [0.3, 0.4) is 0 Å². The van der Waals surface area contributed by atoms with Crippen LogP contribution in [0.5, 0.6) is 0 Å². The second kappa shape index (κ2) is 14.2. The molecule has 0 unspecified atom stereocenters. The summed E-state index contributed by atoms with van der Waals surface area (Å²) in [7, 11) is 0. The number of hydrogen-bond acceptors (Lipinski definition) is 8. The Bertz CT molecular complexity index is 1680. The van der Waals surface area contributed by atoms with E-state index in [1.165, 1.54) is 60.5 Å². The van der Waals surface area contributed by atoms with E-state index in [9.17, 15) is 15.3 Å². The monoisotopic (exact) mass is 616 g/mol. The van der Waals surface area contributed by atoms with E-state index >= 15 is 0 Å². The first-order valence-corrected chi connectivity index (χ1v) is 16.7. The zero-order valence-corrected chi connectivity index (χ0v) is 27.0. The molecule has 1 aromatic heterocycles. The number of anilines is 3. The maximum Gasteiger partial charge on any atom is 0.246 e. The highest BCUT2D eigenvalue weighted by Crippen LogP contribution is 2.39. The fourth-order valence-electron chi connectivity index (χ4n) is 7.55. The molecule has 0 spiro atoms. The minimum Gasteiger partial charge on any atom is -0.369 e. The number of fused-ring (bicyclic) bond motifs is 2. The fourth-order valence-corrected chi connectivity index (χ4v) is 7.55. The molecular weight excluding hydrogens is 572 g/mol. The predicted octanol–water partition coefficient (Wildman–Crippen LogP) is 5.38. The molecule has 9 nitrogen and oxygen atoms in total. The topological polar surface area (TPSA) is 103 Å². The summed E-state index contributed by atoms with van der Waals surface area (Å²) in [5.41, 5.74) is 6.00. The minimum atomic E-state index is -0.278. The van der Waals surface area contributed by atoms with E-state index < -0.39 is 0 Å². The van der Waals surface area contributed by atoms with Gasteiger partial charge >= 0.3 is 0 Å². The highest BCUT2D eigenvalue weighted by molar-refractivity contribution is 5.97. The van der Waals surface area contributed by atoms with Crippen LogP contribution in [0.1, 0.15) is 54.5 Å². The summed E-state index contributed by atoms with van der Waals surface area (Å²) in [4.78, 5) is 26.7. The van der Waals surface area contributed by atoms with Crippen LogP contribution in [-0.4, -0.2) is 79.1 Å². The number of carbonyl (C=O) groups is 1. The molecule has 3 aromatic rings. The maximum absolute atomic E-state index is 12.7. The summed E-state index contributed by atoms with van der Waals surface area (Å²) < 4.78 is 0. The summed E-state index contributed by atoms with van der Waals surface area (Å²) >= 11 is 0. The van der Waals surface area contributed by atoms with Crippen molar-refractivity contribution >= 4 is 33.9 Å². The SMILES string of the molecule is C=CC(=O)N1CCN(c2c(C#N)c(NCCCN3CCCCC3)nc3c2CCN(c2cccc4cccc(C)c24)C3)C[C@@H]1CC#N. The number of nitrogens with one attached hydrogen (secondary N) is 1. The van der Waals surface area contributed by atoms with Gasteiger partial charge in [0.05, 0.1) is 36.5 Å². The fraction of sp³-hybridized carbons (Fsp3) is 0.459. The van der Waals surface area contributed by atoms with Crippen LogP contribution < -0.4 is 15.1 Å². The normalized spacial score (nSPS) is 18.5. The molecule has 9 heteroatoms. The molecule has 3 aliphatic heterocycles. The van der Waals surface area contributed by atoms with Crippen molar-refractivity contribution in [2.45, 2.75) is 58.0 Å². The quantitative estimate of drug-likeness (QED) is 0.253. The lowest BCUT2D eigenvalue weighted by Gasteiger charge is -2.43. The molecule has 2 saturated heterocycles. The van der Waals surface area contributed by atoms with Crippen molar-refractivity contribution in [3.05, 3.63) is 71.4 Å². The van der Waals surface area contributed by atoms with Gasteiger partial charge in [0.2, 0.25) is 5.91 Å². The number of aromatic nitrogens is 1. The Labute approximate surface area is 272 Å². The summed E-state index contributed by atoms with van der Waals surface area (Å²) in [6, 6.07) is 17.4. The van der Waals surface area contributed by atoms with Gasteiger partial charge in [-0.15, -0.1) is 0 Å². The van der Waals surface area contributed by atoms with Crippen molar-refractivity contribution in [1.29, 1.82) is 10.5 Å². The standard InChI is InChI=1S/C37H44N8O/c1-3-34(46)45-23-22-44(25-29(45)14-16-38)36-30-15-21-43(33-13-8-12-28-11-7-10-27(2)35(28)33)26-32(30)41-37(31(36)24-39)40-17-9-20-42-18-5-4-6-19-42/h3,7-8,10-13,29H,1,4-6,9,14-15,17-23,25-26H2,2H3,(H,40,41)/t29-/m0/s1. The van der Waals surface area contributed by atoms with Gasteiger partial charge < -0.3 is 24.9 Å². The summed E-state index contributed by atoms with van der Waals surface area (Å²) in [5.74, 6) is 0.474. The smallest absolute Gasteiger partial charge is 0.246 e. The van der Waals surface area contributed by atoms with Gasteiger partial charge in [0.25, 0.3) is 0 Å². The third-order valence-electron chi connectivity index (χ3n) is 9.85. The number of aryl methyl sites for hydroxylation is 1. The summed E-state index contributed by atoms with van der Waals surface area (Å²) in [6.07, 6.45) is 7.14. The molecule has 0 saturated carbocycles. The van der Waals surface area contributed by atoms with Crippen molar-refractivity contribution in [3.63, 3.8) is 0 Å². The number of amides is 1. The van der Waals surface area contributed by atoms with Gasteiger partial charge in [0, 0.05) is 49.4 Å². The molecular formula is C37H44N8O. The van der Waals surface area contributed by atoms with E-state index in [0.717, 1.165) is 49.4 Å². The Morgan fingerprint density at radius 1 is 1.07 bits per heavy atom. The molecule has 46 heavy (non-hydrogen) atoms. The summed E-state index contributed by atoms with van der Waals surface area (Å²) in [5, 5.41) is 26.3. The molecule has 1 N–H and O–H groups in total. The molecule has 0 radical (unpaired) electrons. The van der Waals surface area contributed by atoms with E-state index in [1.807, 2.05) is 0 Å². The Kier molecular flexibility index (Phi) is 9.71. The van der Waals surface area contributed by atoms with Gasteiger partial charge in [-0.25, -0.2) is 4.98 Å². The zero-order valence-electron chi connectivity index (χ0n) is 27.0. The van der Waals surface area contributed by atoms with Gasteiger partial charge in [0.15, 0.2) is 0 Å². The number of likely N-dealkylation sites (tertiary alicyclic amines) is 1. The molecule has 2 aromatic carbocycles. The zero-order chi connectivity index (χ0) is 32.0. The molecule has 238 valence electrons. The highest BCUT2D eigenvalue weighted by atomic mass is 16.2. The van der Waals surface area contributed by atoms with Crippen LogP contribution in [0, 0.1) is 29.6 Å². The van der Waals surface area contributed by atoms with E-state index in [4.69, 9.17) is 4.98 Å². The van der Waals surface area contributed by atoms with Gasteiger partial charge in [0.1, 0.15) is 17.5 Å². The lowest BCUT2D eigenvalue weighted by molar-refractivity contribution is -0.128. The maximum atomic E-state index is 12.7. The Balaban J connectivity index is 1.34. The predicted molar refractivity (Wildman–Crippen MR) is 184 cm³/mol. The van der Waals surface area contributed by atoms with Crippen molar-refractivity contribution in [2.75, 3.05) is 67.5 Å². The average Bonchev–Trinajstić information content (AvgIpc) is 3.09. The van der Waals surface area contributed by atoms with E-state index in [1.54, 1.807) is 4.90 Å². The molecule has 0 bridgehead atoms. The number of piperidine rings is 1. The van der Waals surface area contributed by atoms with Crippen LogP contribution in [0.25, 0.3) is 10.8 Å². The van der Waals surface area contributed by atoms with Crippen LogP contribution in [0.4, 0.5) is 17.2 Å². The first kappa shape index (κ1) is 31.4. The molecule has 3 aliphatic rings. The van der Waals surface area contributed by atoms with Gasteiger partial charge in [-0.3, -0.25) is 4.79 Å². The second-order valence-electron chi connectivity index (χ2n) is 12.7. The number of nitriles is 2. The van der Waals surface area contributed by atoms with Crippen LogP contribution >= 0.6 is 0 Å². The number of hydrogen-bond donors (Lipinski definition) is 1. The van der Waals surface area contributed by atoms with Gasteiger partial charge in [-0.1, -0.05) is 43.3 Å². The molecule has 4 heterocycles. The molecule has 1 amide bonds. The first-order chi connectivity index (χ1) is 22.5. The van der Waals surface area contributed by atoms with Gasteiger partial charge in [-0.2, -0.15) is 10.5 Å². The number of carbonyl (C=O) groups excluding carboxylic acids is 1. The highest BCUT2D eigenvalue weighted by Gasteiger charge is 2.34. The number of rotatable bonds is 9. The third kappa shape index (κ3) is 6.38. The van der Waals surface area contributed by atoms with Crippen LogP contribution in [0.2, 0.25) is 0 Å². The largest absolute Gasteiger partial charge is 0.369 e. The average molecular weight is 617 g/mol.